The lowest BCUT2D eigenvalue weighted by Crippen LogP contribution is -2.23. The van der Waals surface area contributed by atoms with Crippen LogP contribution in [-0.2, 0) is 4.74 Å². The van der Waals surface area contributed by atoms with Gasteiger partial charge in [0.05, 0.1) is 17.4 Å². The van der Waals surface area contributed by atoms with Crippen LogP contribution in [0.5, 0.6) is 0 Å². The van der Waals surface area contributed by atoms with E-state index < -0.39 is 5.97 Å². The molecule has 0 atom stereocenters. The van der Waals surface area contributed by atoms with Gasteiger partial charge in [0.15, 0.2) is 0 Å². The zero-order chi connectivity index (χ0) is 12.1. The van der Waals surface area contributed by atoms with Crippen LogP contribution in [0.15, 0.2) is 18.5 Å². The lowest BCUT2D eigenvalue weighted by Gasteiger charge is -2.22. The van der Waals surface area contributed by atoms with E-state index in [1.807, 2.05) is 0 Å². The predicted octanol–water partition coefficient (Wildman–Crippen LogP) is 1.62. The zero-order valence-corrected chi connectivity index (χ0v) is 9.56. The highest BCUT2D eigenvalue weighted by Gasteiger charge is 2.15. The zero-order valence-electron chi connectivity index (χ0n) is 9.56. The molecule has 1 aliphatic rings. The number of pyridine rings is 1. The first-order chi connectivity index (χ1) is 8.27. The van der Waals surface area contributed by atoms with Crippen LogP contribution in [0.25, 0.3) is 0 Å². The quantitative estimate of drug-likeness (QED) is 0.831. The molecule has 92 valence electrons. The second kappa shape index (κ2) is 5.63. The van der Waals surface area contributed by atoms with E-state index in [1.54, 1.807) is 6.20 Å². The second-order valence-corrected chi connectivity index (χ2v) is 4.16. The molecule has 1 saturated heterocycles. The Morgan fingerprint density at radius 2 is 2.29 bits per heavy atom. The number of nitrogens with zero attached hydrogens (tertiary/aromatic N) is 1. The molecule has 1 fully saturated rings. The smallest absolute Gasteiger partial charge is 0.337 e. The lowest BCUT2D eigenvalue weighted by molar-refractivity contribution is 0.0689. The summed E-state index contributed by atoms with van der Waals surface area (Å²) < 4.78 is 5.28. The van der Waals surface area contributed by atoms with Crippen LogP contribution in [0.2, 0.25) is 0 Å². The molecule has 5 heteroatoms. The molecule has 1 aromatic rings. The topological polar surface area (TPSA) is 71.5 Å². The number of aromatic carboxylic acids is 1. The number of ether oxygens (including phenoxy) is 1. The van der Waals surface area contributed by atoms with Crippen LogP contribution in [0.3, 0.4) is 0 Å². The summed E-state index contributed by atoms with van der Waals surface area (Å²) >= 11 is 0. The Kier molecular flexibility index (Phi) is 3.93. The van der Waals surface area contributed by atoms with E-state index in [0.29, 0.717) is 11.6 Å². The summed E-state index contributed by atoms with van der Waals surface area (Å²) in [6.07, 6.45) is 5.09. The van der Waals surface area contributed by atoms with E-state index in [0.717, 1.165) is 32.6 Å². The van der Waals surface area contributed by atoms with Crippen LogP contribution in [-0.4, -0.2) is 35.8 Å². The van der Waals surface area contributed by atoms with Gasteiger partial charge in [-0.25, -0.2) is 4.79 Å². The molecule has 0 unspecified atom stereocenters. The standard InChI is InChI=1S/C12H16N2O3/c15-12(16)10-1-4-13-8-11(10)14-7-9-2-5-17-6-3-9/h1,4,8-9,14H,2-3,5-7H2,(H,15,16). The van der Waals surface area contributed by atoms with Gasteiger partial charge in [-0.3, -0.25) is 4.98 Å². The molecule has 0 aliphatic carbocycles. The minimum Gasteiger partial charge on any atom is -0.478 e. The van der Waals surface area contributed by atoms with Crippen LogP contribution in [0, 0.1) is 5.92 Å². The normalized spacial score (nSPS) is 16.7. The highest BCUT2D eigenvalue weighted by Crippen LogP contribution is 2.18. The minimum atomic E-state index is -0.929. The van der Waals surface area contributed by atoms with Crippen molar-refractivity contribution >= 4 is 11.7 Å². The Hall–Kier alpha value is -1.62. The van der Waals surface area contributed by atoms with Crippen molar-refractivity contribution in [2.75, 3.05) is 25.1 Å². The van der Waals surface area contributed by atoms with Crippen LogP contribution in [0.1, 0.15) is 23.2 Å². The van der Waals surface area contributed by atoms with Crippen molar-refractivity contribution < 1.29 is 14.6 Å². The van der Waals surface area contributed by atoms with Crippen molar-refractivity contribution in [1.29, 1.82) is 0 Å². The summed E-state index contributed by atoms with van der Waals surface area (Å²) in [5, 5.41) is 12.2. The maximum atomic E-state index is 11.0. The van der Waals surface area contributed by atoms with Crippen molar-refractivity contribution in [1.82, 2.24) is 4.98 Å². The number of hydrogen-bond acceptors (Lipinski definition) is 4. The third kappa shape index (κ3) is 3.17. The minimum absolute atomic E-state index is 0.270. The SMILES string of the molecule is O=C(O)c1ccncc1NCC1CCOCC1. The third-order valence-electron chi connectivity index (χ3n) is 2.97. The van der Waals surface area contributed by atoms with Crippen molar-refractivity contribution in [2.24, 2.45) is 5.92 Å². The van der Waals surface area contributed by atoms with Gasteiger partial charge in [0, 0.05) is 26.0 Å². The Morgan fingerprint density at radius 3 is 3.00 bits per heavy atom. The van der Waals surface area contributed by atoms with Gasteiger partial charge in [0.25, 0.3) is 0 Å². The van der Waals surface area contributed by atoms with Crippen LogP contribution in [0.4, 0.5) is 5.69 Å². The van der Waals surface area contributed by atoms with Gasteiger partial charge >= 0.3 is 5.97 Å². The van der Waals surface area contributed by atoms with Crippen molar-refractivity contribution in [2.45, 2.75) is 12.8 Å². The average Bonchev–Trinajstić information content (AvgIpc) is 2.38. The first-order valence-corrected chi connectivity index (χ1v) is 5.76. The molecular weight excluding hydrogens is 220 g/mol. The van der Waals surface area contributed by atoms with Crippen molar-refractivity contribution in [3.63, 3.8) is 0 Å². The molecule has 0 amide bonds. The first kappa shape index (κ1) is 11.9. The Balaban J connectivity index is 1.96. The number of carbonyl (C=O) groups is 1. The predicted molar refractivity (Wildman–Crippen MR) is 63.2 cm³/mol. The largest absolute Gasteiger partial charge is 0.478 e. The van der Waals surface area contributed by atoms with Gasteiger partial charge in [-0.05, 0) is 24.8 Å². The van der Waals surface area contributed by atoms with Crippen LogP contribution < -0.4 is 5.32 Å². The van der Waals surface area contributed by atoms with Gasteiger partial charge in [-0.1, -0.05) is 0 Å². The fourth-order valence-electron chi connectivity index (χ4n) is 1.93. The second-order valence-electron chi connectivity index (χ2n) is 4.16. The summed E-state index contributed by atoms with van der Waals surface area (Å²) in [7, 11) is 0. The Bertz CT molecular complexity index is 389. The summed E-state index contributed by atoms with van der Waals surface area (Å²) in [5.41, 5.74) is 0.860. The molecule has 0 saturated carbocycles. The highest BCUT2D eigenvalue weighted by molar-refractivity contribution is 5.93. The number of rotatable bonds is 4. The Morgan fingerprint density at radius 1 is 1.53 bits per heavy atom. The van der Waals surface area contributed by atoms with Gasteiger partial charge in [0.2, 0.25) is 0 Å². The van der Waals surface area contributed by atoms with E-state index in [9.17, 15) is 4.79 Å². The number of carboxylic acid groups (broad SMARTS) is 1. The number of hydrogen-bond donors (Lipinski definition) is 2. The van der Waals surface area contributed by atoms with Gasteiger partial charge in [-0.2, -0.15) is 0 Å². The van der Waals surface area contributed by atoms with Gasteiger partial charge < -0.3 is 15.2 Å². The van der Waals surface area contributed by atoms with Gasteiger partial charge in [-0.15, -0.1) is 0 Å². The molecule has 0 bridgehead atoms. The molecule has 5 nitrogen and oxygen atoms in total. The van der Waals surface area contributed by atoms with Crippen LogP contribution >= 0.6 is 0 Å². The van der Waals surface area contributed by atoms with E-state index in [4.69, 9.17) is 9.84 Å². The molecule has 2 heterocycles. The average molecular weight is 236 g/mol. The van der Waals surface area contributed by atoms with Gasteiger partial charge in [0.1, 0.15) is 0 Å². The molecule has 2 rings (SSSR count). The van der Waals surface area contributed by atoms with E-state index in [2.05, 4.69) is 10.3 Å². The molecular formula is C12H16N2O3. The maximum absolute atomic E-state index is 11.0. The number of aromatic nitrogens is 1. The van der Waals surface area contributed by atoms with E-state index in [1.165, 1.54) is 12.3 Å². The van der Waals surface area contributed by atoms with E-state index >= 15 is 0 Å². The molecule has 1 aliphatic heterocycles. The lowest BCUT2D eigenvalue weighted by atomic mass is 10.0. The molecule has 0 radical (unpaired) electrons. The molecule has 0 aromatic carbocycles. The maximum Gasteiger partial charge on any atom is 0.337 e. The summed E-state index contributed by atoms with van der Waals surface area (Å²) in [6, 6.07) is 1.51. The molecule has 0 spiro atoms. The first-order valence-electron chi connectivity index (χ1n) is 5.76. The fourth-order valence-corrected chi connectivity index (χ4v) is 1.93. The third-order valence-corrected chi connectivity index (χ3v) is 2.97. The number of carboxylic acids is 1. The highest BCUT2D eigenvalue weighted by atomic mass is 16.5. The molecule has 1 aromatic heterocycles. The summed E-state index contributed by atoms with van der Waals surface area (Å²) in [5.74, 6) is -0.382. The fraction of sp³-hybridized carbons (Fsp3) is 0.500. The van der Waals surface area contributed by atoms with Crippen molar-refractivity contribution in [3.8, 4) is 0 Å². The molecule has 2 N–H and O–H groups in total. The monoisotopic (exact) mass is 236 g/mol. The molecule has 17 heavy (non-hydrogen) atoms. The van der Waals surface area contributed by atoms with E-state index in [-0.39, 0.29) is 5.56 Å². The Labute approximate surface area is 99.8 Å². The number of nitrogens with one attached hydrogen (secondary N) is 1. The summed E-state index contributed by atoms with van der Waals surface area (Å²) in [4.78, 5) is 14.9. The summed E-state index contributed by atoms with van der Waals surface area (Å²) in [6.45, 7) is 2.37. The number of anilines is 1. The van der Waals surface area contributed by atoms with Crippen molar-refractivity contribution in [3.05, 3.63) is 24.0 Å².